The van der Waals surface area contributed by atoms with Crippen LogP contribution in [0.1, 0.15) is 0 Å². The fourth-order valence-corrected chi connectivity index (χ4v) is 4.91. The van der Waals surface area contributed by atoms with E-state index in [2.05, 4.69) is 92.1 Å². The van der Waals surface area contributed by atoms with E-state index in [1.54, 1.807) is 0 Å². The van der Waals surface area contributed by atoms with E-state index in [4.69, 9.17) is 18.6 Å². The van der Waals surface area contributed by atoms with E-state index in [1.807, 2.05) is 0 Å². The maximum Gasteiger partial charge on any atom is 0.161 e. The van der Waals surface area contributed by atoms with E-state index in [-0.39, 0.29) is 10.9 Å². The van der Waals surface area contributed by atoms with E-state index < -0.39 is 18.3 Å². The van der Waals surface area contributed by atoms with Gasteiger partial charge in [0.05, 0.1) is 19.0 Å². The first-order chi connectivity index (χ1) is 11.6. The Kier molecular flexibility index (Phi) is 8.88. The predicted octanol–water partition coefficient (Wildman–Crippen LogP) is 0.401. The summed E-state index contributed by atoms with van der Waals surface area (Å²) in [5, 5.41) is 0. The van der Waals surface area contributed by atoms with E-state index in [0.29, 0.717) is 0 Å². The van der Waals surface area contributed by atoms with E-state index >= 15 is 0 Å². The number of hydrogen-bond donors (Lipinski definition) is 0. The molecular formula is C18H23ClO4SSi. The molecule has 0 heterocycles. The van der Waals surface area contributed by atoms with Gasteiger partial charge in [-0.1, -0.05) is 61.7 Å². The van der Waals surface area contributed by atoms with Gasteiger partial charge in [-0.3, -0.25) is 0 Å². The van der Waals surface area contributed by atoms with Gasteiger partial charge in [0.15, 0.2) is 9.79 Å². The zero-order valence-electron chi connectivity index (χ0n) is 14.6. The van der Waals surface area contributed by atoms with E-state index in [0.717, 1.165) is 5.75 Å². The van der Waals surface area contributed by atoms with Gasteiger partial charge in [0.25, 0.3) is 0 Å². The monoisotopic (exact) mass is 398 g/mol. The molecule has 25 heavy (non-hydrogen) atoms. The van der Waals surface area contributed by atoms with Gasteiger partial charge in [0, 0.05) is 0 Å². The summed E-state index contributed by atoms with van der Waals surface area (Å²) in [5.74, 6) is 1.11. The van der Waals surface area contributed by atoms with Crippen LogP contribution in [0.2, 0.25) is 19.6 Å². The number of hydrogen-bond acceptors (Lipinski definition) is 4. The zero-order valence-corrected chi connectivity index (χ0v) is 17.1. The fraction of sp³-hybridized carbons (Fsp3) is 0.222. The predicted molar refractivity (Wildman–Crippen MR) is 94.1 cm³/mol. The highest BCUT2D eigenvalue weighted by Crippen LogP contribution is 2.23. The van der Waals surface area contributed by atoms with Crippen LogP contribution in [0.25, 0.3) is 0 Å². The zero-order chi connectivity index (χ0) is 18.9. The molecule has 2 rings (SSSR count). The summed E-state index contributed by atoms with van der Waals surface area (Å²) in [6.45, 7) is 7.14. The summed E-state index contributed by atoms with van der Waals surface area (Å²) in [4.78, 5) is 2.86. The molecule has 0 unspecified atom stereocenters. The molecule has 0 bridgehead atoms. The normalized spacial score (nSPS) is 12.2. The smallest absolute Gasteiger partial charge is 0.161 e. The average molecular weight is 399 g/mol. The molecule has 0 fully saturated rings. The Bertz CT molecular complexity index is 594. The van der Waals surface area contributed by atoms with Crippen LogP contribution in [0.3, 0.4) is 0 Å². The van der Waals surface area contributed by atoms with Crippen molar-refractivity contribution in [2.24, 2.45) is 0 Å². The van der Waals surface area contributed by atoms with Gasteiger partial charge in [0.2, 0.25) is 0 Å². The Morgan fingerprint density at radius 3 is 1.48 bits per heavy atom. The van der Waals surface area contributed by atoms with Crippen LogP contribution >= 0.6 is 0 Å². The van der Waals surface area contributed by atoms with Gasteiger partial charge < -0.3 is 0 Å². The lowest BCUT2D eigenvalue weighted by molar-refractivity contribution is -2.00. The van der Waals surface area contributed by atoms with Crippen LogP contribution in [0, 0.1) is 10.2 Å². The summed E-state index contributed by atoms with van der Waals surface area (Å²) < 4.78 is 34.0. The lowest BCUT2D eigenvalue weighted by Gasteiger charge is -2.17. The first kappa shape index (κ1) is 21.9. The van der Waals surface area contributed by atoms with Crippen LogP contribution in [0.4, 0.5) is 0 Å². The van der Waals surface area contributed by atoms with Crippen LogP contribution < -0.4 is 18.6 Å². The third-order valence-electron chi connectivity index (χ3n) is 2.94. The Hall–Kier alpha value is -1.12. The molecule has 136 valence electrons. The highest BCUT2D eigenvalue weighted by Gasteiger charge is 2.23. The minimum Gasteiger partial charge on any atom is -0.222 e. The molecule has 0 spiro atoms. The molecule has 7 heteroatoms. The lowest BCUT2D eigenvalue weighted by atomic mass is 10.4. The SMILES string of the molecule is C[Si](C)(C)C=CC[S+](c1ccccc1)c1ccccc1.[O-][Cl+3]([O-])([O-])[O-]. The maximum absolute atomic E-state index is 8.49. The third kappa shape index (κ3) is 11.2. The van der Waals surface area contributed by atoms with Crippen molar-refractivity contribution >= 4 is 19.0 Å². The number of rotatable bonds is 5. The molecule has 0 aliphatic carbocycles. The minimum absolute atomic E-state index is 0.149. The molecule has 0 saturated carbocycles. The third-order valence-corrected chi connectivity index (χ3v) is 6.38. The second kappa shape index (κ2) is 10.1. The molecule has 4 nitrogen and oxygen atoms in total. The summed E-state index contributed by atoms with van der Waals surface area (Å²) >= 11 is 0. The standard InChI is InChI=1S/C18H23SSi.ClHO4/c1-20(2,3)16-10-15-19(17-11-6-4-7-12-17)18-13-8-5-9-14-18;2-1(3,4)5/h4-14,16H,15H2,1-3H3;(H,2,3,4,5)/q+1;/p-1. The van der Waals surface area contributed by atoms with Crippen LogP contribution in [0.5, 0.6) is 0 Å². The van der Waals surface area contributed by atoms with Crippen molar-refractivity contribution in [1.82, 2.24) is 0 Å². The molecule has 0 amide bonds. The van der Waals surface area contributed by atoms with E-state index in [9.17, 15) is 0 Å². The first-order valence-corrected chi connectivity index (χ1v) is 13.9. The Balaban J connectivity index is 0.000000550. The van der Waals surface area contributed by atoms with Crippen molar-refractivity contribution in [3.8, 4) is 0 Å². The Labute approximate surface area is 155 Å². The number of benzene rings is 2. The molecule has 0 aromatic heterocycles. The molecular weight excluding hydrogens is 376 g/mol. The molecule has 0 aliphatic rings. The Morgan fingerprint density at radius 2 is 1.16 bits per heavy atom. The largest absolute Gasteiger partial charge is 0.222 e. The molecule has 0 radical (unpaired) electrons. The van der Waals surface area contributed by atoms with Gasteiger partial charge in [0.1, 0.15) is 5.75 Å². The first-order valence-electron chi connectivity index (χ1n) is 7.67. The minimum atomic E-state index is -4.94. The van der Waals surface area contributed by atoms with Crippen LogP contribution in [-0.4, -0.2) is 13.8 Å². The topological polar surface area (TPSA) is 92.2 Å². The second-order valence-electron chi connectivity index (χ2n) is 6.33. The molecule has 2 aromatic carbocycles. The highest BCUT2D eigenvalue weighted by molar-refractivity contribution is 7.97. The average Bonchev–Trinajstić information content (AvgIpc) is 2.51. The molecule has 0 atom stereocenters. The second-order valence-corrected chi connectivity index (χ2v) is 14.2. The van der Waals surface area contributed by atoms with E-state index in [1.165, 1.54) is 9.79 Å². The van der Waals surface area contributed by atoms with Crippen molar-refractivity contribution in [3.63, 3.8) is 0 Å². The van der Waals surface area contributed by atoms with Gasteiger partial charge in [-0.05, 0) is 30.3 Å². The number of halogens is 1. The maximum atomic E-state index is 8.49. The summed E-state index contributed by atoms with van der Waals surface area (Å²) in [6, 6.07) is 21.7. The molecule has 2 aromatic rings. The van der Waals surface area contributed by atoms with Gasteiger partial charge in [-0.15, -0.1) is 10.2 Å². The van der Waals surface area contributed by atoms with Crippen molar-refractivity contribution < 1.29 is 28.9 Å². The molecule has 0 N–H and O–H groups in total. The summed E-state index contributed by atoms with van der Waals surface area (Å²) in [6.07, 6.45) is 2.40. The van der Waals surface area contributed by atoms with Gasteiger partial charge in [-0.2, -0.15) is 0 Å². The summed E-state index contributed by atoms with van der Waals surface area (Å²) in [7, 11) is -5.90. The van der Waals surface area contributed by atoms with Crippen molar-refractivity contribution in [3.05, 3.63) is 72.4 Å². The molecule has 0 saturated heterocycles. The van der Waals surface area contributed by atoms with Crippen molar-refractivity contribution in [2.45, 2.75) is 29.4 Å². The molecule has 0 aliphatic heterocycles. The Morgan fingerprint density at radius 1 is 0.800 bits per heavy atom. The lowest BCUT2D eigenvalue weighted by Crippen LogP contribution is -2.68. The van der Waals surface area contributed by atoms with Crippen LogP contribution in [0.15, 0.2) is 82.2 Å². The van der Waals surface area contributed by atoms with Gasteiger partial charge >= 0.3 is 0 Å². The summed E-state index contributed by atoms with van der Waals surface area (Å²) in [5.41, 5.74) is 2.46. The highest BCUT2D eigenvalue weighted by atomic mass is 35.7. The van der Waals surface area contributed by atoms with Crippen molar-refractivity contribution in [2.75, 3.05) is 5.75 Å². The van der Waals surface area contributed by atoms with Crippen LogP contribution in [-0.2, 0) is 10.9 Å². The quantitative estimate of drug-likeness (QED) is 0.538. The fourth-order valence-electron chi connectivity index (χ4n) is 2.00. The van der Waals surface area contributed by atoms with Crippen molar-refractivity contribution in [1.29, 1.82) is 0 Å². The van der Waals surface area contributed by atoms with Gasteiger partial charge in [-0.25, -0.2) is 18.6 Å².